The van der Waals surface area contributed by atoms with Gasteiger partial charge in [0.05, 0.1) is 17.7 Å². The molecule has 3 heterocycles. The van der Waals surface area contributed by atoms with Gasteiger partial charge < -0.3 is 19.6 Å². The quantitative estimate of drug-likeness (QED) is 0.503. The fourth-order valence-corrected chi connectivity index (χ4v) is 3.43. The zero-order valence-electron chi connectivity index (χ0n) is 16.7. The number of nitrogens with zero attached hydrogens (tertiary/aromatic N) is 2. The number of nitrogens with two attached hydrogens (primary N) is 1. The molecule has 4 rings (SSSR count). The molecule has 0 saturated carbocycles. The highest BCUT2D eigenvalue weighted by Gasteiger charge is 2.38. The Kier molecular flexibility index (Phi) is 4.59. The van der Waals surface area contributed by atoms with Crippen LogP contribution in [-0.4, -0.2) is 16.2 Å². The number of ether oxygens (including phenoxy) is 2. The van der Waals surface area contributed by atoms with Crippen LogP contribution in [0.5, 0.6) is 11.6 Å². The molecule has 0 spiro atoms. The lowest BCUT2D eigenvalue weighted by molar-refractivity contribution is 0.0701. The van der Waals surface area contributed by atoms with Crippen LogP contribution in [-0.2, 0) is 5.41 Å². The van der Waals surface area contributed by atoms with Gasteiger partial charge in [-0.15, -0.1) is 5.10 Å². The maximum atomic E-state index is 12.1. The number of rotatable bonds is 3. The molecular weight excluding hydrogens is 384 g/mol. The van der Waals surface area contributed by atoms with Crippen LogP contribution in [0.25, 0.3) is 0 Å². The number of nitrogens with one attached hydrogen (secondary N) is 1. The number of benzene rings is 1. The topological polar surface area (TPSA) is 127 Å². The van der Waals surface area contributed by atoms with Crippen molar-refractivity contribution in [1.82, 2.24) is 10.2 Å². The molecule has 1 atom stereocenters. The summed E-state index contributed by atoms with van der Waals surface area (Å²) in [5.74, 6) is -0.200. The Labute approximate surface area is 172 Å². The van der Waals surface area contributed by atoms with E-state index >= 15 is 0 Å². The van der Waals surface area contributed by atoms with Crippen LogP contribution in [0, 0.1) is 11.3 Å². The third kappa shape index (κ3) is 3.31. The second kappa shape index (κ2) is 7.12. The molecule has 1 aromatic carbocycles. The van der Waals surface area contributed by atoms with E-state index in [1.165, 1.54) is 12.3 Å². The summed E-state index contributed by atoms with van der Waals surface area (Å²) in [5.41, 5.74) is 8.47. The summed E-state index contributed by atoms with van der Waals surface area (Å²) >= 11 is 0. The average molecular weight is 404 g/mol. The smallest absolute Gasteiger partial charge is 0.379 e. The van der Waals surface area contributed by atoms with Crippen LogP contribution in [0.4, 0.5) is 0 Å². The van der Waals surface area contributed by atoms with E-state index in [0.29, 0.717) is 17.2 Å². The van der Waals surface area contributed by atoms with Gasteiger partial charge in [-0.25, -0.2) is 4.79 Å². The molecule has 8 heteroatoms. The Morgan fingerprint density at radius 3 is 2.60 bits per heavy atom. The number of carbonyl (C=O) groups excluding carboxylic acids is 1. The van der Waals surface area contributed by atoms with Crippen LogP contribution in [0.3, 0.4) is 0 Å². The van der Waals surface area contributed by atoms with Crippen LogP contribution >= 0.6 is 0 Å². The number of H-pyrrole nitrogens is 1. The maximum Gasteiger partial charge on any atom is 0.379 e. The number of esters is 1. The molecule has 0 saturated heterocycles. The molecule has 3 aromatic rings. The van der Waals surface area contributed by atoms with E-state index in [4.69, 9.17) is 19.6 Å². The summed E-state index contributed by atoms with van der Waals surface area (Å²) in [4.78, 5) is 12.1. The van der Waals surface area contributed by atoms with Crippen molar-refractivity contribution in [1.29, 1.82) is 5.26 Å². The minimum atomic E-state index is -0.590. The van der Waals surface area contributed by atoms with E-state index in [1.54, 1.807) is 30.3 Å². The molecule has 0 aliphatic carbocycles. The van der Waals surface area contributed by atoms with Gasteiger partial charge >= 0.3 is 5.97 Å². The van der Waals surface area contributed by atoms with E-state index in [9.17, 15) is 10.1 Å². The van der Waals surface area contributed by atoms with Gasteiger partial charge in [0.1, 0.15) is 17.4 Å². The fraction of sp³-hybridized carbons (Fsp3) is 0.227. The zero-order valence-corrected chi connectivity index (χ0v) is 16.7. The highest BCUT2D eigenvalue weighted by atomic mass is 16.5. The molecule has 0 unspecified atom stereocenters. The lowest BCUT2D eigenvalue weighted by Gasteiger charge is -2.27. The molecule has 2 aromatic heterocycles. The van der Waals surface area contributed by atoms with Crippen molar-refractivity contribution < 1.29 is 18.7 Å². The molecule has 3 N–H and O–H groups in total. The number of hydrogen-bond donors (Lipinski definition) is 2. The standard InChI is InChI=1S/C22H20N4O4/c1-22(2,3)18-17-16(14(11-23)19(24)30-20(17)26-25-18)12-6-8-13(9-7-12)29-21(27)15-5-4-10-28-15/h4-10,16H,24H2,1-3H3,(H,25,26)/t16-/m1/s1. The van der Waals surface area contributed by atoms with Gasteiger partial charge in [0.25, 0.3) is 0 Å². The number of hydrogen-bond acceptors (Lipinski definition) is 7. The summed E-state index contributed by atoms with van der Waals surface area (Å²) in [6, 6.07) is 12.2. The second-order valence-electron chi connectivity index (χ2n) is 7.93. The van der Waals surface area contributed by atoms with Gasteiger partial charge in [0, 0.05) is 11.1 Å². The highest BCUT2D eigenvalue weighted by Crippen LogP contribution is 2.45. The highest BCUT2D eigenvalue weighted by molar-refractivity contribution is 5.88. The Morgan fingerprint density at radius 1 is 1.27 bits per heavy atom. The van der Waals surface area contributed by atoms with Crippen LogP contribution in [0.15, 0.2) is 58.5 Å². The molecule has 30 heavy (non-hydrogen) atoms. The number of nitriles is 1. The first-order chi connectivity index (χ1) is 14.3. The first-order valence-corrected chi connectivity index (χ1v) is 9.31. The van der Waals surface area contributed by atoms with Crippen LogP contribution in [0.1, 0.15) is 54.1 Å². The van der Waals surface area contributed by atoms with E-state index in [2.05, 4.69) is 16.3 Å². The summed E-state index contributed by atoms with van der Waals surface area (Å²) in [6.07, 6.45) is 1.40. The molecule has 152 valence electrons. The SMILES string of the molecule is CC(C)(C)c1[nH]nc2c1[C@H](c1ccc(OC(=O)c3ccco3)cc1)C(C#N)=C(N)O2. The molecule has 8 nitrogen and oxygen atoms in total. The molecule has 1 aliphatic heterocycles. The van der Waals surface area contributed by atoms with Crippen molar-refractivity contribution >= 4 is 5.97 Å². The van der Waals surface area contributed by atoms with Crippen LogP contribution in [0.2, 0.25) is 0 Å². The summed E-state index contributed by atoms with van der Waals surface area (Å²) in [5, 5.41) is 17.0. The number of furan rings is 1. The van der Waals surface area contributed by atoms with Crippen molar-refractivity contribution in [2.45, 2.75) is 32.1 Å². The van der Waals surface area contributed by atoms with Crippen molar-refractivity contribution in [2.75, 3.05) is 0 Å². The predicted molar refractivity (Wildman–Crippen MR) is 107 cm³/mol. The third-order valence-corrected chi connectivity index (χ3v) is 4.84. The van der Waals surface area contributed by atoms with E-state index in [0.717, 1.165) is 16.8 Å². The minimum absolute atomic E-state index is 0.0234. The number of carbonyl (C=O) groups is 1. The Bertz CT molecular complexity index is 1160. The molecule has 0 bridgehead atoms. The fourth-order valence-electron chi connectivity index (χ4n) is 3.43. The van der Waals surface area contributed by atoms with Crippen LogP contribution < -0.4 is 15.2 Å². The first kappa shape index (κ1) is 19.3. The number of aromatic nitrogens is 2. The summed E-state index contributed by atoms with van der Waals surface area (Å²) in [7, 11) is 0. The third-order valence-electron chi connectivity index (χ3n) is 4.84. The maximum absolute atomic E-state index is 12.1. The van der Waals surface area contributed by atoms with Crippen molar-refractivity contribution in [3.63, 3.8) is 0 Å². The van der Waals surface area contributed by atoms with Gasteiger partial charge in [-0.05, 0) is 29.8 Å². The van der Waals surface area contributed by atoms with Crippen molar-refractivity contribution in [3.05, 3.63) is 76.7 Å². The predicted octanol–water partition coefficient (Wildman–Crippen LogP) is 3.74. The summed E-state index contributed by atoms with van der Waals surface area (Å²) in [6.45, 7) is 6.13. The minimum Gasteiger partial charge on any atom is -0.457 e. The summed E-state index contributed by atoms with van der Waals surface area (Å²) < 4.78 is 16.0. The van der Waals surface area contributed by atoms with Crippen molar-refractivity contribution in [3.8, 4) is 17.7 Å². The Morgan fingerprint density at radius 2 is 2.00 bits per heavy atom. The number of allylic oxidation sites excluding steroid dienone is 1. The number of aromatic amines is 1. The monoisotopic (exact) mass is 404 g/mol. The van der Waals surface area contributed by atoms with Gasteiger partial charge in [-0.1, -0.05) is 32.9 Å². The van der Waals surface area contributed by atoms with Gasteiger partial charge in [0.2, 0.25) is 17.5 Å². The van der Waals surface area contributed by atoms with E-state index in [1.807, 2.05) is 20.8 Å². The van der Waals surface area contributed by atoms with Gasteiger partial charge in [0.15, 0.2) is 0 Å². The molecule has 0 amide bonds. The molecular formula is C22H20N4O4. The first-order valence-electron chi connectivity index (χ1n) is 9.31. The molecule has 0 fully saturated rings. The zero-order chi connectivity index (χ0) is 21.5. The molecule has 0 radical (unpaired) electrons. The average Bonchev–Trinajstić information content (AvgIpc) is 3.37. The lowest BCUT2D eigenvalue weighted by Crippen LogP contribution is -2.23. The second-order valence-corrected chi connectivity index (χ2v) is 7.93. The van der Waals surface area contributed by atoms with Gasteiger partial charge in [-0.2, -0.15) is 5.26 Å². The normalized spacial score (nSPS) is 15.9. The number of fused-ring (bicyclic) bond motifs is 1. The van der Waals surface area contributed by atoms with Gasteiger partial charge in [-0.3, -0.25) is 5.10 Å². The van der Waals surface area contributed by atoms with E-state index in [-0.39, 0.29) is 17.1 Å². The van der Waals surface area contributed by atoms with E-state index < -0.39 is 11.9 Å². The molecule has 1 aliphatic rings. The largest absolute Gasteiger partial charge is 0.457 e. The van der Waals surface area contributed by atoms with Crippen molar-refractivity contribution in [2.24, 2.45) is 5.73 Å². The Hall–Kier alpha value is -3.99. The lowest BCUT2D eigenvalue weighted by atomic mass is 9.79. The Balaban J connectivity index is 1.72.